The second-order valence-corrected chi connectivity index (χ2v) is 7.60. The first-order chi connectivity index (χ1) is 11.5. The molecule has 0 N–H and O–H groups in total. The van der Waals surface area contributed by atoms with Crippen molar-refractivity contribution in [1.29, 1.82) is 0 Å². The summed E-state index contributed by atoms with van der Waals surface area (Å²) in [6.07, 6.45) is 9.10. The molecule has 2 heteroatoms. The van der Waals surface area contributed by atoms with Gasteiger partial charge in [-0.2, -0.15) is 0 Å². The summed E-state index contributed by atoms with van der Waals surface area (Å²) < 4.78 is 2.66. The van der Waals surface area contributed by atoms with E-state index in [1.165, 1.54) is 17.1 Å². The Morgan fingerprint density at radius 2 is 1.79 bits per heavy atom. The van der Waals surface area contributed by atoms with E-state index in [0.29, 0.717) is 24.0 Å². The van der Waals surface area contributed by atoms with Crippen LogP contribution in [0.15, 0.2) is 54.3 Å². The van der Waals surface area contributed by atoms with Gasteiger partial charge < -0.3 is 0 Å². The number of amidine groups is 1. The Morgan fingerprint density at radius 3 is 2.33 bits per heavy atom. The van der Waals surface area contributed by atoms with Crippen LogP contribution in [0.4, 0.5) is 0 Å². The highest BCUT2D eigenvalue weighted by molar-refractivity contribution is 5.83. The topological polar surface area (TPSA) is 6.25 Å². The molecule has 0 radical (unpaired) electrons. The summed E-state index contributed by atoms with van der Waals surface area (Å²) in [7, 11) is 0. The maximum Gasteiger partial charge on any atom is 0.255 e. The fourth-order valence-corrected chi connectivity index (χ4v) is 4.30. The molecule has 0 fully saturated rings. The van der Waals surface area contributed by atoms with E-state index in [1.807, 2.05) is 0 Å². The molecule has 0 bridgehead atoms. The van der Waals surface area contributed by atoms with Crippen LogP contribution >= 0.6 is 0 Å². The number of hydrogen-bond acceptors (Lipinski definition) is 1. The molecule has 1 aliphatic heterocycles. The lowest BCUT2D eigenvalue weighted by Gasteiger charge is -2.24. The second-order valence-electron chi connectivity index (χ2n) is 7.60. The molecule has 0 saturated carbocycles. The molecule has 2 atom stereocenters. The van der Waals surface area contributed by atoms with Crippen LogP contribution in [-0.4, -0.2) is 27.4 Å². The van der Waals surface area contributed by atoms with Crippen LogP contribution in [0.25, 0.3) is 0 Å². The predicted molar refractivity (Wildman–Crippen MR) is 102 cm³/mol. The molecule has 24 heavy (non-hydrogen) atoms. The van der Waals surface area contributed by atoms with Crippen molar-refractivity contribution in [3.63, 3.8) is 0 Å². The first-order valence-electron chi connectivity index (χ1n) is 9.37. The van der Waals surface area contributed by atoms with Gasteiger partial charge >= 0.3 is 0 Å². The lowest BCUT2D eigenvalue weighted by molar-refractivity contribution is -0.596. The molecule has 2 aliphatic rings. The molecule has 0 unspecified atom stereocenters. The van der Waals surface area contributed by atoms with Gasteiger partial charge in [-0.15, -0.1) is 0 Å². The molecule has 3 rings (SSSR count). The van der Waals surface area contributed by atoms with Gasteiger partial charge in [0.1, 0.15) is 11.7 Å². The van der Waals surface area contributed by atoms with Crippen molar-refractivity contribution >= 4 is 5.84 Å². The minimum absolute atomic E-state index is 0.412. The van der Waals surface area contributed by atoms with Crippen LogP contribution in [0, 0.1) is 5.92 Å². The van der Waals surface area contributed by atoms with Gasteiger partial charge in [-0.1, -0.05) is 56.3 Å². The largest absolute Gasteiger partial charge is 0.255 e. The Balaban J connectivity index is 2.14. The number of rotatable bonds is 4. The van der Waals surface area contributed by atoms with Crippen molar-refractivity contribution in [3.8, 4) is 0 Å². The zero-order valence-corrected chi connectivity index (χ0v) is 15.7. The summed E-state index contributed by atoms with van der Waals surface area (Å²) in [6.45, 7) is 11.7. The Kier molecular flexibility index (Phi) is 4.93. The normalized spacial score (nSPS) is 24.3. The fourth-order valence-electron chi connectivity index (χ4n) is 4.30. The first kappa shape index (κ1) is 17.0. The smallest absolute Gasteiger partial charge is 0.252 e. The molecule has 0 aromatic heterocycles. The van der Waals surface area contributed by atoms with E-state index >= 15 is 0 Å². The quantitative estimate of drug-likeness (QED) is 0.695. The van der Waals surface area contributed by atoms with Crippen LogP contribution in [0.5, 0.6) is 0 Å². The van der Waals surface area contributed by atoms with Crippen LogP contribution in [0.1, 0.15) is 59.1 Å². The monoisotopic (exact) mass is 323 g/mol. The molecule has 0 saturated heterocycles. The predicted octanol–water partition coefficient (Wildman–Crippen LogP) is 5.14. The van der Waals surface area contributed by atoms with Crippen LogP contribution in [0.2, 0.25) is 0 Å². The summed E-state index contributed by atoms with van der Waals surface area (Å²) in [5.74, 6) is 1.99. The van der Waals surface area contributed by atoms with Gasteiger partial charge in [-0.05, 0) is 33.3 Å². The summed E-state index contributed by atoms with van der Waals surface area (Å²) in [5.41, 5.74) is 2.89. The Labute approximate surface area is 147 Å². The minimum atomic E-state index is 0.412. The van der Waals surface area contributed by atoms with Crippen LogP contribution in [0.3, 0.4) is 0 Å². The summed E-state index contributed by atoms with van der Waals surface area (Å²) in [4.78, 5) is 2.63. The molecule has 1 aliphatic carbocycles. The molecular formula is C22H31N2+. The Bertz CT molecular complexity index is 664. The molecule has 1 aromatic rings. The van der Waals surface area contributed by atoms with Crippen LogP contribution in [-0.2, 0) is 0 Å². The first-order valence-corrected chi connectivity index (χ1v) is 9.37. The second kappa shape index (κ2) is 6.96. The van der Waals surface area contributed by atoms with Gasteiger partial charge in [-0.25, -0.2) is 4.90 Å². The van der Waals surface area contributed by atoms with Gasteiger partial charge in [0.25, 0.3) is 5.84 Å². The molecule has 2 nitrogen and oxygen atoms in total. The SMILES string of the molecule is CC(C)C1=[N+](C(C)C)[C@H](c2ccccc2)[C@H](C)N1C1=CC=CCC1. The third-order valence-corrected chi connectivity index (χ3v) is 5.19. The highest BCUT2D eigenvalue weighted by atomic mass is 15.4. The number of benzene rings is 1. The highest BCUT2D eigenvalue weighted by Gasteiger charge is 2.49. The van der Waals surface area contributed by atoms with E-state index < -0.39 is 0 Å². The van der Waals surface area contributed by atoms with E-state index in [2.05, 4.69) is 92.7 Å². The van der Waals surface area contributed by atoms with E-state index in [0.717, 1.165) is 12.8 Å². The van der Waals surface area contributed by atoms with Gasteiger partial charge in [0.05, 0.1) is 12.0 Å². The molecule has 1 heterocycles. The third kappa shape index (κ3) is 2.94. The average Bonchev–Trinajstić information content (AvgIpc) is 2.90. The zero-order chi connectivity index (χ0) is 17.3. The molecule has 0 spiro atoms. The summed E-state index contributed by atoms with van der Waals surface area (Å²) in [5, 5.41) is 0. The van der Waals surface area contributed by atoms with E-state index in [-0.39, 0.29) is 0 Å². The fraction of sp³-hybridized carbons (Fsp3) is 0.500. The van der Waals surface area contributed by atoms with Gasteiger partial charge in [-0.3, -0.25) is 4.58 Å². The zero-order valence-electron chi connectivity index (χ0n) is 15.7. The van der Waals surface area contributed by atoms with E-state index in [9.17, 15) is 0 Å². The maximum absolute atomic E-state index is 2.66. The Hall–Kier alpha value is -1.83. The maximum atomic E-state index is 2.66. The molecule has 0 amide bonds. The van der Waals surface area contributed by atoms with Crippen molar-refractivity contribution in [2.75, 3.05) is 0 Å². The lowest BCUT2D eigenvalue weighted by Crippen LogP contribution is -2.38. The average molecular weight is 324 g/mol. The molecular weight excluding hydrogens is 292 g/mol. The summed E-state index contributed by atoms with van der Waals surface area (Å²) >= 11 is 0. The van der Waals surface area contributed by atoms with Crippen molar-refractivity contribution in [1.82, 2.24) is 4.90 Å². The Morgan fingerprint density at radius 1 is 1.08 bits per heavy atom. The van der Waals surface area contributed by atoms with Crippen molar-refractivity contribution < 1.29 is 4.58 Å². The number of allylic oxidation sites excluding steroid dienone is 4. The molecule has 128 valence electrons. The minimum Gasteiger partial charge on any atom is -0.252 e. The van der Waals surface area contributed by atoms with E-state index in [1.54, 1.807) is 0 Å². The van der Waals surface area contributed by atoms with Gasteiger partial charge in [0.2, 0.25) is 0 Å². The van der Waals surface area contributed by atoms with Crippen molar-refractivity contribution in [2.45, 2.75) is 65.6 Å². The van der Waals surface area contributed by atoms with Crippen molar-refractivity contribution in [3.05, 3.63) is 59.8 Å². The highest BCUT2D eigenvalue weighted by Crippen LogP contribution is 2.37. The van der Waals surface area contributed by atoms with Crippen LogP contribution < -0.4 is 0 Å². The van der Waals surface area contributed by atoms with E-state index in [4.69, 9.17) is 0 Å². The summed E-state index contributed by atoms with van der Waals surface area (Å²) in [6, 6.07) is 12.4. The lowest BCUT2D eigenvalue weighted by atomic mass is 9.98. The number of nitrogens with zero attached hydrogens (tertiary/aromatic N) is 2. The number of hydrogen-bond donors (Lipinski definition) is 0. The van der Waals surface area contributed by atoms with Gasteiger partial charge in [0, 0.05) is 12.0 Å². The van der Waals surface area contributed by atoms with Gasteiger partial charge in [0.15, 0.2) is 6.04 Å². The standard InChI is InChI=1S/C22H31N2/c1-16(2)22-23(17(3)4)21(19-12-8-6-9-13-19)18(5)24(22)20-14-10-7-11-15-20/h6-10,12-14,16-18,21H,11,15H2,1-5H3/q+1/t18-,21-/m0/s1. The third-order valence-electron chi connectivity index (χ3n) is 5.19. The van der Waals surface area contributed by atoms with Crippen molar-refractivity contribution in [2.24, 2.45) is 5.92 Å². The molecule has 1 aromatic carbocycles.